The van der Waals surface area contributed by atoms with Gasteiger partial charge in [0.05, 0.1) is 6.42 Å². The number of hydrogen-bond acceptors (Lipinski definition) is 4. The van der Waals surface area contributed by atoms with Gasteiger partial charge in [0.1, 0.15) is 0 Å². The third kappa shape index (κ3) is 3.47. The van der Waals surface area contributed by atoms with Crippen LogP contribution in [0.5, 0.6) is 0 Å². The molecule has 0 aromatic carbocycles. The molecule has 1 fully saturated rings. The number of urea groups is 1. The number of rotatable bonds is 5. The van der Waals surface area contributed by atoms with Crippen molar-refractivity contribution >= 4 is 18.0 Å². The highest BCUT2D eigenvalue weighted by atomic mass is 16.6. The molecule has 1 aliphatic carbocycles. The first-order chi connectivity index (χ1) is 7.84. The second-order valence-corrected chi connectivity index (χ2v) is 3.90. The largest absolute Gasteiger partial charge is 0.481 e. The number of carbonyl (C=O) groups is 3. The monoisotopic (exact) mass is 242 g/mol. The summed E-state index contributed by atoms with van der Waals surface area (Å²) in [6.45, 7) is 3.32. The van der Waals surface area contributed by atoms with E-state index >= 15 is 0 Å². The molecule has 1 rings (SSSR count). The predicted molar refractivity (Wildman–Crippen MR) is 56.8 cm³/mol. The second kappa shape index (κ2) is 4.86. The summed E-state index contributed by atoms with van der Waals surface area (Å²) in [5.41, 5.74) is 3.70. The molecule has 7 nitrogen and oxygen atoms in total. The van der Waals surface area contributed by atoms with E-state index in [4.69, 9.17) is 15.6 Å². The van der Waals surface area contributed by atoms with Gasteiger partial charge in [-0.15, -0.1) is 0 Å². The van der Waals surface area contributed by atoms with Gasteiger partial charge in [0.15, 0.2) is 5.72 Å². The Bertz CT molecular complexity index is 373. The van der Waals surface area contributed by atoms with Gasteiger partial charge in [-0.3, -0.25) is 4.79 Å². The van der Waals surface area contributed by atoms with E-state index in [1.165, 1.54) is 0 Å². The number of aliphatic carboxylic acids is 1. The van der Waals surface area contributed by atoms with Crippen LogP contribution in [-0.2, 0) is 14.3 Å². The lowest BCUT2D eigenvalue weighted by atomic mass is 9.88. The molecule has 7 heteroatoms. The van der Waals surface area contributed by atoms with E-state index in [9.17, 15) is 14.4 Å². The number of carbonyl (C=O) groups excluding carboxylic acids is 2. The van der Waals surface area contributed by atoms with Gasteiger partial charge in [-0.1, -0.05) is 6.58 Å². The number of primary amides is 1. The van der Waals surface area contributed by atoms with Crippen LogP contribution in [0.2, 0.25) is 0 Å². The molecule has 0 spiro atoms. The third-order valence-corrected chi connectivity index (χ3v) is 2.45. The van der Waals surface area contributed by atoms with Crippen molar-refractivity contribution in [1.29, 1.82) is 0 Å². The maximum Gasteiger partial charge on any atom is 0.336 e. The number of nitrogens with two attached hydrogens (primary N) is 1. The molecule has 0 radical (unpaired) electrons. The van der Waals surface area contributed by atoms with E-state index in [1.807, 2.05) is 0 Å². The number of hydrogen-bond donors (Lipinski definition) is 3. The number of carboxylic acid groups (broad SMARTS) is 1. The summed E-state index contributed by atoms with van der Waals surface area (Å²) in [5.74, 6) is -2.00. The van der Waals surface area contributed by atoms with Crippen LogP contribution in [0.15, 0.2) is 12.2 Å². The zero-order valence-corrected chi connectivity index (χ0v) is 9.19. The number of carboxylic acids is 1. The minimum Gasteiger partial charge on any atom is -0.481 e. The second-order valence-electron chi connectivity index (χ2n) is 3.90. The quantitative estimate of drug-likeness (QED) is 0.359. The molecule has 1 saturated carbocycles. The maximum absolute atomic E-state index is 11.5. The molecule has 0 bridgehead atoms. The standard InChI is InChI=1S/C10H14N2O5/c1-6(5-7(13)14)8(15)17-10(3-2-4-10)12-9(11)16/h1-5H2,(H,13,14)(H3,11,12,16). The van der Waals surface area contributed by atoms with Crippen molar-refractivity contribution in [3.8, 4) is 0 Å². The highest BCUT2D eigenvalue weighted by Crippen LogP contribution is 2.33. The smallest absolute Gasteiger partial charge is 0.336 e. The Morgan fingerprint density at radius 3 is 2.35 bits per heavy atom. The summed E-state index contributed by atoms with van der Waals surface area (Å²) in [6.07, 6.45) is 1.22. The third-order valence-electron chi connectivity index (χ3n) is 2.45. The van der Waals surface area contributed by atoms with E-state index in [2.05, 4.69) is 11.9 Å². The number of nitrogens with one attached hydrogen (secondary N) is 1. The number of ether oxygens (including phenoxy) is 1. The highest BCUT2D eigenvalue weighted by molar-refractivity contribution is 5.93. The van der Waals surface area contributed by atoms with Crippen molar-refractivity contribution in [2.45, 2.75) is 31.4 Å². The summed E-state index contributed by atoms with van der Waals surface area (Å²) in [5, 5.41) is 10.8. The van der Waals surface area contributed by atoms with Gasteiger partial charge in [-0.05, 0) is 6.42 Å². The Balaban J connectivity index is 2.56. The van der Waals surface area contributed by atoms with Crippen LogP contribution in [0, 0.1) is 0 Å². The fraction of sp³-hybridized carbons (Fsp3) is 0.500. The highest BCUT2D eigenvalue weighted by Gasteiger charge is 2.42. The Morgan fingerprint density at radius 2 is 2.00 bits per heavy atom. The van der Waals surface area contributed by atoms with Gasteiger partial charge in [0.25, 0.3) is 0 Å². The van der Waals surface area contributed by atoms with Crippen molar-refractivity contribution in [3.05, 3.63) is 12.2 Å². The van der Waals surface area contributed by atoms with E-state index < -0.39 is 30.1 Å². The van der Waals surface area contributed by atoms with E-state index in [-0.39, 0.29) is 5.57 Å². The van der Waals surface area contributed by atoms with Gasteiger partial charge < -0.3 is 20.9 Å². The van der Waals surface area contributed by atoms with Crippen LogP contribution in [0.3, 0.4) is 0 Å². The van der Waals surface area contributed by atoms with Gasteiger partial charge >= 0.3 is 18.0 Å². The summed E-state index contributed by atoms with van der Waals surface area (Å²) in [6, 6.07) is -0.790. The fourth-order valence-electron chi connectivity index (χ4n) is 1.48. The van der Waals surface area contributed by atoms with Crippen molar-refractivity contribution < 1.29 is 24.2 Å². The lowest BCUT2D eigenvalue weighted by molar-refractivity contribution is -0.168. The van der Waals surface area contributed by atoms with Crippen LogP contribution in [-0.4, -0.2) is 28.8 Å². The van der Waals surface area contributed by atoms with Gasteiger partial charge in [-0.25, -0.2) is 9.59 Å². The first kappa shape index (κ1) is 13.0. The molecular weight excluding hydrogens is 228 g/mol. The molecule has 94 valence electrons. The van der Waals surface area contributed by atoms with Crippen molar-refractivity contribution in [1.82, 2.24) is 5.32 Å². The van der Waals surface area contributed by atoms with Gasteiger partial charge in [0.2, 0.25) is 0 Å². The summed E-state index contributed by atoms with van der Waals surface area (Å²) < 4.78 is 5.03. The Hall–Kier alpha value is -2.05. The SMILES string of the molecule is C=C(CC(=O)O)C(=O)OC1(NC(N)=O)CCC1. The van der Waals surface area contributed by atoms with Gasteiger partial charge in [-0.2, -0.15) is 0 Å². The normalized spacial score (nSPS) is 16.5. The molecule has 0 saturated heterocycles. The first-order valence-electron chi connectivity index (χ1n) is 5.05. The van der Waals surface area contributed by atoms with E-state index in [0.29, 0.717) is 12.8 Å². The minimum absolute atomic E-state index is 0.171. The average molecular weight is 242 g/mol. The van der Waals surface area contributed by atoms with Gasteiger partial charge in [0, 0.05) is 18.4 Å². The minimum atomic E-state index is -1.17. The fourth-order valence-corrected chi connectivity index (χ4v) is 1.48. The van der Waals surface area contributed by atoms with Crippen LogP contribution >= 0.6 is 0 Å². The van der Waals surface area contributed by atoms with Crippen LogP contribution < -0.4 is 11.1 Å². The van der Waals surface area contributed by atoms with Crippen molar-refractivity contribution in [3.63, 3.8) is 0 Å². The molecule has 1 aliphatic rings. The van der Waals surface area contributed by atoms with E-state index in [1.54, 1.807) is 0 Å². The van der Waals surface area contributed by atoms with E-state index in [0.717, 1.165) is 6.42 Å². The average Bonchev–Trinajstić information content (AvgIpc) is 2.12. The molecule has 0 atom stereocenters. The number of esters is 1. The Kier molecular flexibility index (Phi) is 3.72. The molecule has 0 unspecified atom stereocenters. The summed E-state index contributed by atoms with van der Waals surface area (Å²) in [7, 11) is 0. The molecule has 17 heavy (non-hydrogen) atoms. The zero-order valence-electron chi connectivity index (χ0n) is 9.19. The van der Waals surface area contributed by atoms with Crippen LogP contribution in [0.4, 0.5) is 4.79 Å². The Labute approximate surface area is 97.6 Å². The molecule has 0 heterocycles. The number of amides is 2. The zero-order chi connectivity index (χ0) is 13.1. The Morgan fingerprint density at radius 1 is 1.41 bits per heavy atom. The summed E-state index contributed by atoms with van der Waals surface area (Å²) >= 11 is 0. The lowest BCUT2D eigenvalue weighted by Gasteiger charge is -2.40. The van der Waals surface area contributed by atoms with Crippen LogP contribution in [0.1, 0.15) is 25.7 Å². The topological polar surface area (TPSA) is 119 Å². The lowest BCUT2D eigenvalue weighted by Crippen LogP contribution is -2.58. The van der Waals surface area contributed by atoms with Crippen LogP contribution in [0.25, 0.3) is 0 Å². The predicted octanol–water partition coefficient (Wildman–Crippen LogP) is 0.109. The molecule has 4 N–H and O–H groups in total. The molecular formula is C10H14N2O5. The molecule has 0 aliphatic heterocycles. The molecule has 0 aromatic heterocycles. The first-order valence-corrected chi connectivity index (χ1v) is 5.05. The van der Waals surface area contributed by atoms with Crippen molar-refractivity contribution in [2.75, 3.05) is 0 Å². The molecule has 0 aromatic rings. The maximum atomic E-state index is 11.5. The summed E-state index contributed by atoms with van der Waals surface area (Å²) in [4.78, 5) is 32.6. The molecule has 2 amide bonds. The van der Waals surface area contributed by atoms with Crippen molar-refractivity contribution in [2.24, 2.45) is 5.73 Å².